The van der Waals surface area contributed by atoms with Crippen LogP contribution in [0.25, 0.3) is 10.8 Å². The van der Waals surface area contributed by atoms with Gasteiger partial charge in [-0.05, 0) is 24.6 Å². The molecule has 2 aromatic rings. The van der Waals surface area contributed by atoms with E-state index in [2.05, 4.69) is 15.7 Å². The van der Waals surface area contributed by atoms with Gasteiger partial charge in [0.15, 0.2) is 0 Å². The molecule has 2 heterocycles. The minimum Gasteiger partial charge on any atom is -0.383 e. The van der Waals surface area contributed by atoms with Gasteiger partial charge in [0.05, 0.1) is 0 Å². The van der Waals surface area contributed by atoms with Crippen molar-refractivity contribution in [3.8, 4) is 0 Å². The normalized spacial score (nSPS) is 8.27. The number of nitrogens with zero attached hydrogens (tertiary/aromatic N) is 2. The summed E-state index contributed by atoms with van der Waals surface area (Å²) in [5, 5.41) is 1.99. The third-order valence-electron chi connectivity index (χ3n) is 1.60. The van der Waals surface area contributed by atoms with Gasteiger partial charge in [0.25, 0.3) is 0 Å². The zero-order valence-corrected chi connectivity index (χ0v) is 9.44. The maximum atomic E-state index is 5.61. The smallest absolute Gasteiger partial charge is 0.132 e. The van der Waals surface area contributed by atoms with Gasteiger partial charge in [-0.2, -0.15) is 0 Å². The molecule has 0 radical (unpaired) electrons. The van der Waals surface area contributed by atoms with Crippen molar-refractivity contribution in [3.05, 3.63) is 30.7 Å². The molecule has 0 aromatic carbocycles. The van der Waals surface area contributed by atoms with Crippen LogP contribution in [0.3, 0.4) is 0 Å². The summed E-state index contributed by atoms with van der Waals surface area (Å²) in [6.45, 7) is 4.00. The van der Waals surface area contributed by atoms with Crippen molar-refractivity contribution in [2.45, 2.75) is 13.8 Å². The van der Waals surface area contributed by atoms with Crippen LogP contribution in [0.5, 0.6) is 0 Å². The molecule has 0 saturated heterocycles. The van der Waals surface area contributed by atoms with Gasteiger partial charge in [-0.25, -0.2) is 4.98 Å². The Morgan fingerprint density at radius 2 is 1.67 bits per heavy atom. The molecule has 0 spiro atoms. The first kappa shape index (κ1) is 13.3. The molecule has 0 saturated carbocycles. The van der Waals surface area contributed by atoms with E-state index >= 15 is 0 Å². The van der Waals surface area contributed by atoms with Crippen molar-refractivity contribution < 1.29 is 0 Å². The van der Waals surface area contributed by atoms with Crippen molar-refractivity contribution in [1.82, 2.24) is 9.97 Å². The Morgan fingerprint density at radius 1 is 1.07 bits per heavy atom. The van der Waals surface area contributed by atoms with Crippen LogP contribution >= 0.6 is 0 Å². The number of hydrogen-bond acceptors (Lipinski definition) is 4. The third kappa shape index (κ3) is 3.52. The van der Waals surface area contributed by atoms with E-state index in [0.717, 1.165) is 10.8 Å². The Labute approximate surface area is 90.3 Å². The Kier molecular flexibility index (Phi) is 6.84. The second-order valence-corrected chi connectivity index (χ2v) is 2.29. The van der Waals surface area contributed by atoms with Gasteiger partial charge < -0.3 is 11.5 Å². The molecule has 0 amide bonds. The number of hydrogen-bond donors (Lipinski definition) is 2. The highest BCUT2D eigenvalue weighted by molar-refractivity contribution is 5.89. The lowest BCUT2D eigenvalue weighted by Crippen LogP contribution is -1.90. The summed E-state index contributed by atoms with van der Waals surface area (Å²) in [4.78, 5) is 7.90. The predicted molar refractivity (Wildman–Crippen MR) is 65.4 cm³/mol. The van der Waals surface area contributed by atoms with Gasteiger partial charge in [0, 0.05) is 24.0 Å². The minimum atomic E-state index is 0.538. The van der Waals surface area contributed by atoms with Crippen LogP contribution in [0.15, 0.2) is 30.7 Å². The number of fused-ring (bicyclic) bond motifs is 1. The van der Waals surface area contributed by atoms with Crippen molar-refractivity contribution in [3.63, 3.8) is 0 Å². The summed E-state index contributed by atoms with van der Waals surface area (Å²) in [5.41, 5.74) is 10.1. The molecule has 4 N–H and O–H groups in total. The quantitative estimate of drug-likeness (QED) is 0.689. The number of rotatable bonds is 0. The zero-order chi connectivity index (χ0) is 11.7. The monoisotopic (exact) mass is 206 g/mol. The second kappa shape index (κ2) is 7.70. The maximum Gasteiger partial charge on any atom is 0.132 e. The molecule has 0 aliphatic carbocycles. The lowest BCUT2D eigenvalue weighted by molar-refractivity contribution is 1.32. The van der Waals surface area contributed by atoms with Crippen LogP contribution in [-0.4, -0.2) is 17.0 Å². The summed E-state index contributed by atoms with van der Waals surface area (Å²) in [7, 11) is 1.50. The van der Waals surface area contributed by atoms with Crippen molar-refractivity contribution in [2.24, 2.45) is 5.73 Å². The van der Waals surface area contributed by atoms with E-state index in [0.29, 0.717) is 5.82 Å². The molecule has 82 valence electrons. The fraction of sp³-hybridized carbons (Fsp3) is 0.273. The molecule has 4 heteroatoms. The molecule has 2 rings (SSSR count). The zero-order valence-electron chi connectivity index (χ0n) is 9.44. The first-order chi connectivity index (χ1) is 7.38. The van der Waals surface area contributed by atoms with Gasteiger partial charge in [-0.15, -0.1) is 0 Å². The fourth-order valence-corrected chi connectivity index (χ4v) is 1.03. The van der Waals surface area contributed by atoms with E-state index in [9.17, 15) is 0 Å². The van der Waals surface area contributed by atoms with Crippen LogP contribution in [0.1, 0.15) is 13.8 Å². The average molecular weight is 206 g/mol. The van der Waals surface area contributed by atoms with E-state index in [1.807, 2.05) is 26.0 Å². The molecule has 0 atom stereocenters. The topological polar surface area (TPSA) is 77.8 Å². The van der Waals surface area contributed by atoms with E-state index in [1.165, 1.54) is 7.05 Å². The summed E-state index contributed by atoms with van der Waals surface area (Å²) < 4.78 is 0. The van der Waals surface area contributed by atoms with Gasteiger partial charge in [0.1, 0.15) is 5.82 Å². The Balaban J connectivity index is 0.000000442. The van der Waals surface area contributed by atoms with Gasteiger partial charge >= 0.3 is 0 Å². The van der Waals surface area contributed by atoms with E-state index in [1.54, 1.807) is 18.6 Å². The number of aromatic nitrogens is 2. The SMILES string of the molecule is CC.CN.Nc1nccc2ccncc12. The lowest BCUT2D eigenvalue weighted by atomic mass is 10.2. The van der Waals surface area contributed by atoms with Crippen molar-refractivity contribution >= 4 is 16.6 Å². The highest BCUT2D eigenvalue weighted by Crippen LogP contribution is 2.15. The van der Waals surface area contributed by atoms with Gasteiger partial charge in [-0.3, -0.25) is 4.98 Å². The molecule has 0 unspecified atom stereocenters. The lowest BCUT2D eigenvalue weighted by Gasteiger charge is -1.97. The molecule has 0 fully saturated rings. The first-order valence-electron chi connectivity index (χ1n) is 4.90. The average Bonchev–Trinajstić information content (AvgIpc) is 2.35. The molecular formula is C11H18N4. The number of nitrogens with two attached hydrogens (primary N) is 2. The van der Waals surface area contributed by atoms with Crippen LogP contribution in [0.4, 0.5) is 5.82 Å². The van der Waals surface area contributed by atoms with Crippen molar-refractivity contribution in [2.75, 3.05) is 12.8 Å². The minimum absolute atomic E-state index is 0.538. The summed E-state index contributed by atoms with van der Waals surface area (Å²) >= 11 is 0. The summed E-state index contributed by atoms with van der Waals surface area (Å²) in [6.07, 6.45) is 5.15. The van der Waals surface area contributed by atoms with Crippen LogP contribution in [0, 0.1) is 0 Å². The van der Waals surface area contributed by atoms with Crippen molar-refractivity contribution in [1.29, 1.82) is 0 Å². The van der Waals surface area contributed by atoms with Crippen LogP contribution in [-0.2, 0) is 0 Å². The molecule has 0 bridgehead atoms. The maximum absolute atomic E-state index is 5.61. The van der Waals surface area contributed by atoms with Crippen LogP contribution < -0.4 is 11.5 Å². The molecule has 0 aliphatic heterocycles. The van der Waals surface area contributed by atoms with E-state index in [-0.39, 0.29) is 0 Å². The number of anilines is 1. The van der Waals surface area contributed by atoms with Gasteiger partial charge in [0.2, 0.25) is 0 Å². The fourth-order valence-electron chi connectivity index (χ4n) is 1.03. The highest BCUT2D eigenvalue weighted by Gasteiger charge is 1.95. The summed E-state index contributed by atoms with van der Waals surface area (Å²) in [5.74, 6) is 0.538. The second-order valence-electron chi connectivity index (χ2n) is 2.29. The predicted octanol–water partition coefficient (Wildman–Crippen LogP) is 1.81. The Bertz CT molecular complexity index is 382. The molecule has 15 heavy (non-hydrogen) atoms. The number of nitrogen functional groups attached to an aromatic ring is 1. The largest absolute Gasteiger partial charge is 0.383 e. The molecule has 2 aromatic heterocycles. The summed E-state index contributed by atoms with van der Waals surface area (Å²) in [6, 6.07) is 3.82. The van der Waals surface area contributed by atoms with E-state index < -0.39 is 0 Å². The molecule has 4 nitrogen and oxygen atoms in total. The molecule has 0 aliphatic rings. The van der Waals surface area contributed by atoms with E-state index in [4.69, 9.17) is 5.73 Å². The Morgan fingerprint density at radius 3 is 2.27 bits per heavy atom. The molecular weight excluding hydrogens is 188 g/mol. The Hall–Kier alpha value is -1.68. The highest BCUT2D eigenvalue weighted by atomic mass is 14.8. The van der Waals surface area contributed by atoms with Crippen LogP contribution in [0.2, 0.25) is 0 Å². The first-order valence-corrected chi connectivity index (χ1v) is 4.90. The third-order valence-corrected chi connectivity index (χ3v) is 1.60. The van der Waals surface area contributed by atoms with Gasteiger partial charge in [-0.1, -0.05) is 13.8 Å². The number of pyridine rings is 2. The standard InChI is InChI=1S/C8H7N3.C2H6.CH5N/c9-8-7-5-10-3-1-6(7)2-4-11-8;2*1-2/h1-5H,(H2,9,11);1-2H3;2H2,1H3.